The van der Waals surface area contributed by atoms with Gasteiger partial charge in [-0.25, -0.2) is 8.42 Å². The number of hydrogen-bond acceptors (Lipinski definition) is 4. The van der Waals surface area contributed by atoms with Gasteiger partial charge < -0.3 is 10.2 Å². The minimum absolute atomic E-state index is 0.0435. The van der Waals surface area contributed by atoms with Crippen molar-refractivity contribution >= 4 is 50.7 Å². The Morgan fingerprint density at radius 1 is 0.925 bits per heavy atom. The van der Waals surface area contributed by atoms with Crippen LogP contribution in [0.3, 0.4) is 0 Å². The zero-order valence-electron chi connectivity index (χ0n) is 23.5. The molecule has 3 rings (SSSR count). The molecule has 214 valence electrons. The number of anilines is 1. The molecule has 0 radical (unpaired) electrons. The molecule has 2 amide bonds. The molecule has 0 aliphatic rings. The standard InChI is InChI=1S/C30H35Cl2N3O4S/c1-20-15-16-27(21(2)17-20)35(40(38,39)23-11-8-7-9-12-23)19-28(36)34(22(3)29(37)33-30(4,5)6)18-24-25(31)13-10-14-26(24)32/h7-17,22H,18-19H2,1-6H3,(H,33,37)/t22-/m1/s1. The summed E-state index contributed by atoms with van der Waals surface area (Å²) in [6.07, 6.45) is 0. The zero-order chi connectivity index (χ0) is 29.8. The molecule has 3 aromatic rings. The van der Waals surface area contributed by atoms with Gasteiger partial charge in [-0.3, -0.25) is 13.9 Å². The Hall–Kier alpha value is -3.07. The highest BCUT2D eigenvalue weighted by atomic mass is 35.5. The van der Waals surface area contributed by atoms with Crippen molar-refractivity contribution in [1.82, 2.24) is 10.2 Å². The van der Waals surface area contributed by atoms with E-state index in [-0.39, 0.29) is 11.4 Å². The van der Waals surface area contributed by atoms with Crippen LogP contribution in [0.5, 0.6) is 0 Å². The summed E-state index contributed by atoms with van der Waals surface area (Å²) in [6, 6.07) is 17.3. The minimum Gasteiger partial charge on any atom is -0.350 e. The molecular formula is C30H35Cl2N3O4S. The van der Waals surface area contributed by atoms with Crippen LogP contribution in [0.15, 0.2) is 71.6 Å². The van der Waals surface area contributed by atoms with E-state index in [1.165, 1.54) is 17.0 Å². The Morgan fingerprint density at radius 3 is 2.08 bits per heavy atom. The topological polar surface area (TPSA) is 86.8 Å². The summed E-state index contributed by atoms with van der Waals surface area (Å²) in [5, 5.41) is 3.56. The predicted molar refractivity (Wildman–Crippen MR) is 161 cm³/mol. The second-order valence-corrected chi connectivity index (χ2v) is 13.4. The quantitative estimate of drug-likeness (QED) is 0.318. The monoisotopic (exact) mass is 603 g/mol. The molecule has 0 saturated heterocycles. The SMILES string of the molecule is Cc1ccc(N(CC(=O)N(Cc2c(Cl)cccc2Cl)[C@H](C)C(=O)NC(C)(C)C)S(=O)(=O)c2ccccc2)c(C)c1. The van der Waals surface area contributed by atoms with Crippen LogP contribution >= 0.6 is 23.2 Å². The van der Waals surface area contributed by atoms with E-state index in [4.69, 9.17) is 23.2 Å². The molecule has 7 nitrogen and oxygen atoms in total. The van der Waals surface area contributed by atoms with Crippen LogP contribution in [0, 0.1) is 13.8 Å². The molecule has 0 aliphatic carbocycles. The normalized spacial score (nSPS) is 12.5. The third-order valence-electron chi connectivity index (χ3n) is 6.29. The van der Waals surface area contributed by atoms with Crippen molar-refractivity contribution in [1.29, 1.82) is 0 Å². The molecule has 0 bridgehead atoms. The van der Waals surface area contributed by atoms with Gasteiger partial charge in [0, 0.05) is 27.7 Å². The number of aryl methyl sites for hydroxylation is 2. The minimum atomic E-state index is -4.15. The molecule has 1 atom stereocenters. The first-order chi connectivity index (χ1) is 18.6. The first-order valence-corrected chi connectivity index (χ1v) is 15.0. The van der Waals surface area contributed by atoms with Crippen LogP contribution in [0.25, 0.3) is 0 Å². The summed E-state index contributed by atoms with van der Waals surface area (Å²) in [5.74, 6) is -0.986. The van der Waals surface area contributed by atoms with E-state index >= 15 is 0 Å². The van der Waals surface area contributed by atoms with Crippen molar-refractivity contribution in [3.05, 3.63) is 93.5 Å². The van der Waals surface area contributed by atoms with E-state index in [0.29, 0.717) is 26.9 Å². The highest BCUT2D eigenvalue weighted by molar-refractivity contribution is 7.92. The number of carbonyl (C=O) groups is 2. The Kier molecular flexibility index (Phi) is 9.93. The molecule has 0 heterocycles. The zero-order valence-corrected chi connectivity index (χ0v) is 25.9. The smallest absolute Gasteiger partial charge is 0.264 e. The number of hydrogen-bond donors (Lipinski definition) is 1. The molecule has 0 aromatic heterocycles. The van der Waals surface area contributed by atoms with Gasteiger partial charge in [0.1, 0.15) is 12.6 Å². The Labute approximate surface area is 247 Å². The fraction of sp³-hybridized carbons (Fsp3) is 0.333. The number of carbonyl (C=O) groups excluding carboxylic acids is 2. The second-order valence-electron chi connectivity index (χ2n) is 10.8. The van der Waals surface area contributed by atoms with Crippen molar-refractivity contribution in [2.75, 3.05) is 10.8 Å². The van der Waals surface area contributed by atoms with E-state index in [0.717, 1.165) is 9.87 Å². The van der Waals surface area contributed by atoms with Crippen LogP contribution in [0.4, 0.5) is 5.69 Å². The summed E-state index contributed by atoms with van der Waals surface area (Å²) >= 11 is 12.9. The van der Waals surface area contributed by atoms with Crippen molar-refractivity contribution < 1.29 is 18.0 Å². The molecule has 1 N–H and O–H groups in total. The van der Waals surface area contributed by atoms with Gasteiger partial charge in [-0.05, 0) is 77.4 Å². The van der Waals surface area contributed by atoms with E-state index in [1.807, 2.05) is 33.8 Å². The number of nitrogens with zero attached hydrogens (tertiary/aromatic N) is 2. The maximum absolute atomic E-state index is 14.1. The number of nitrogens with one attached hydrogen (secondary N) is 1. The van der Waals surface area contributed by atoms with Crippen LogP contribution in [-0.4, -0.2) is 43.3 Å². The summed E-state index contributed by atoms with van der Waals surface area (Å²) in [6.45, 7) is 10.2. The largest absolute Gasteiger partial charge is 0.350 e. The van der Waals surface area contributed by atoms with Gasteiger partial charge >= 0.3 is 0 Å². The van der Waals surface area contributed by atoms with Crippen LogP contribution in [0.2, 0.25) is 10.0 Å². The summed E-state index contributed by atoms with van der Waals surface area (Å²) in [5.41, 5.74) is 1.91. The summed E-state index contributed by atoms with van der Waals surface area (Å²) in [4.78, 5) is 28.7. The van der Waals surface area contributed by atoms with Crippen molar-refractivity contribution in [2.24, 2.45) is 0 Å². The molecule has 0 aliphatic heterocycles. The Morgan fingerprint density at radius 2 is 1.52 bits per heavy atom. The van der Waals surface area contributed by atoms with Crippen LogP contribution in [-0.2, 0) is 26.2 Å². The lowest BCUT2D eigenvalue weighted by Gasteiger charge is -2.34. The molecule has 10 heteroatoms. The molecule has 3 aromatic carbocycles. The fourth-order valence-electron chi connectivity index (χ4n) is 4.23. The summed E-state index contributed by atoms with van der Waals surface area (Å²) in [7, 11) is -4.15. The molecule has 0 unspecified atom stereocenters. The lowest BCUT2D eigenvalue weighted by Crippen LogP contribution is -2.54. The Bertz CT molecular complexity index is 1470. The predicted octanol–water partition coefficient (Wildman–Crippen LogP) is 6.14. The van der Waals surface area contributed by atoms with E-state index in [2.05, 4.69) is 5.32 Å². The summed E-state index contributed by atoms with van der Waals surface area (Å²) < 4.78 is 28.9. The molecular weight excluding hydrogens is 569 g/mol. The highest BCUT2D eigenvalue weighted by Gasteiger charge is 2.34. The number of amides is 2. The fourth-order valence-corrected chi connectivity index (χ4v) is 6.25. The molecule has 0 spiro atoms. The second kappa shape index (κ2) is 12.6. The van der Waals surface area contributed by atoms with Crippen molar-refractivity contribution in [3.8, 4) is 0 Å². The van der Waals surface area contributed by atoms with Gasteiger partial charge in [-0.2, -0.15) is 0 Å². The number of halogens is 2. The van der Waals surface area contributed by atoms with Gasteiger partial charge in [0.05, 0.1) is 10.6 Å². The molecule has 0 fully saturated rings. The first-order valence-electron chi connectivity index (χ1n) is 12.8. The maximum atomic E-state index is 14.1. The van der Waals surface area contributed by atoms with E-state index in [9.17, 15) is 18.0 Å². The number of benzene rings is 3. The van der Waals surface area contributed by atoms with Crippen LogP contribution < -0.4 is 9.62 Å². The van der Waals surface area contributed by atoms with E-state index in [1.54, 1.807) is 62.4 Å². The van der Waals surface area contributed by atoms with Crippen LogP contribution in [0.1, 0.15) is 44.4 Å². The Balaban J connectivity index is 2.10. The van der Waals surface area contributed by atoms with E-state index < -0.39 is 40.0 Å². The lowest BCUT2D eigenvalue weighted by atomic mass is 10.1. The average Bonchev–Trinajstić information content (AvgIpc) is 2.86. The third kappa shape index (κ3) is 7.56. The van der Waals surface area contributed by atoms with Crippen molar-refractivity contribution in [2.45, 2.75) is 64.6 Å². The third-order valence-corrected chi connectivity index (χ3v) is 8.77. The number of rotatable bonds is 9. The molecule has 40 heavy (non-hydrogen) atoms. The van der Waals surface area contributed by atoms with Gasteiger partial charge in [0.25, 0.3) is 10.0 Å². The van der Waals surface area contributed by atoms with Gasteiger partial charge in [-0.1, -0.05) is 65.2 Å². The molecule has 0 saturated carbocycles. The first kappa shape index (κ1) is 31.5. The van der Waals surface area contributed by atoms with Gasteiger partial charge in [0.2, 0.25) is 11.8 Å². The van der Waals surface area contributed by atoms with Gasteiger partial charge in [0.15, 0.2) is 0 Å². The lowest BCUT2D eigenvalue weighted by molar-refractivity contribution is -0.140. The number of sulfonamides is 1. The maximum Gasteiger partial charge on any atom is 0.264 e. The van der Waals surface area contributed by atoms with Gasteiger partial charge in [-0.15, -0.1) is 0 Å². The average molecular weight is 605 g/mol. The van der Waals surface area contributed by atoms with Crippen molar-refractivity contribution in [3.63, 3.8) is 0 Å². The highest BCUT2D eigenvalue weighted by Crippen LogP contribution is 2.30.